The number of nitrogens with zero attached hydrogens (tertiary/aromatic N) is 1. The molecule has 0 spiro atoms. The molecule has 3 aromatic rings. The van der Waals surface area contributed by atoms with Crippen molar-refractivity contribution in [3.8, 4) is 0 Å². The van der Waals surface area contributed by atoms with Gasteiger partial charge in [0.05, 0.1) is 22.8 Å². The summed E-state index contributed by atoms with van der Waals surface area (Å²) in [5.41, 5.74) is 2.29. The van der Waals surface area contributed by atoms with E-state index in [1.807, 2.05) is 25.1 Å². The lowest BCUT2D eigenvalue weighted by Gasteiger charge is -2.11. The van der Waals surface area contributed by atoms with Gasteiger partial charge >= 0.3 is 0 Å². The smallest absolute Gasteiger partial charge is 0.261 e. The Hall–Kier alpha value is -3.19. The van der Waals surface area contributed by atoms with Crippen LogP contribution in [0.3, 0.4) is 0 Å². The van der Waals surface area contributed by atoms with Crippen LogP contribution in [0.4, 0.5) is 5.69 Å². The van der Waals surface area contributed by atoms with E-state index in [0.29, 0.717) is 5.69 Å². The highest BCUT2D eigenvalue weighted by Gasteiger charge is 2.17. The summed E-state index contributed by atoms with van der Waals surface area (Å²) >= 11 is 0. The van der Waals surface area contributed by atoms with Crippen LogP contribution in [0.25, 0.3) is 0 Å². The summed E-state index contributed by atoms with van der Waals surface area (Å²) < 4.78 is 27.9. The number of benzene rings is 2. The second-order valence-electron chi connectivity index (χ2n) is 5.95. The van der Waals surface area contributed by atoms with Crippen LogP contribution in [0.1, 0.15) is 21.6 Å². The zero-order valence-electron chi connectivity index (χ0n) is 14.7. The molecule has 7 heteroatoms. The maximum Gasteiger partial charge on any atom is 0.261 e. The third-order valence-electron chi connectivity index (χ3n) is 3.95. The fraction of sp³-hybridized carbons (Fsp3) is 0.100. The van der Waals surface area contributed by atoms with Gasteiger partial charge in [-0.05, 0) is 48.9 Å². The number of carbonyl (C=O) groups excluding carboxylic acids is 1. The second kappa shape index (κ2) is 8.01. The van der Waals surface area contributed by atoms with Crippen LogP contribution >= 0.6 is 0 Å². The van der Waals surface area contributed by atoms with Gasteiger partial charge in [0.15, 0.2) is 0 Å². The van der Waals surface area contributed by atoms with Crippen molar-refractivity contribution in [2.75, 3.05) is 4.72 Å². The van der Waals surface area contributed by atoms with E-state index < -0.39 is 10.0 Å². The second-order valence-corrected chi connectivity index (χ2v) is 7.63. The van der Waals surface area contributed by atoms with Crippen LogP contribution in [-0.2, 0) is 16.6 Å². The molecule has 1 aromatic heterocycles. The molecule has 6 nitrogen and oxygen atoms in total. The molecule has 0 aliphatic carbocycles. The molecular weight excluding hydrogens is 362 g/mol. The molecule has 27 heavy (non-hydrogen) atoms. The molecule has 0 saturated carbocycles. The fourth-order valence-electron chi connectivity index (χ4n) is 2.47. The molecule has 2 N–H and O–H groups in total. The summed E-state index contributed by atoms with van der Waals surface area (Å²) in [5, 5.41) is 2.74. The van der Waals surface area contributed by atoms with Crippen molar-refractivity contribution in [1.29, 1.82) is 0 Å². The van der Waals surface area contributed by atoms with Gasteiger partial charge in [0.1, 0.15) is 0 Å². The predicted octanol–water partition coefficient (Wildman–Crippen LogP) is 3.12. The average Bonchev–Trinajstić information content (AvgIpc) is 2.69. The van der Waals surface area contributed by atoms with E-state index >= 15 is 0 Å². The zero-order valence-corrected chi connectivity index (χ0v) is 15.5. The molecule has 0 unspecified atom stereocenters. The van der Waals surface area contributed by atoms with Gasteiger partial charge in [0, 0.05) is 11.8 Å². The van der Waals surface area contributed by atoms with Crippen LogP contribution < -0.4 is 10.0 Å². The summed E-state index contributed by atoms with van der Waals surface area (Å²) in [6.07, 6.45) is 1.64. The number of para-hydroxylation sites is 1. The molecule has 0 aliphatic rings. The van der Waals surface area contributed by atoms with Gasteiger partial charge in [-0.25, -0.2) is 8.42 Å². The third-order valence-corrected chi connectivity index (χ3v) is 5.32. The Balaban J connectivity index is 1.76. The Labute approximate surface area is 158 Å². The number of aromatic nitrogens is 1. The van der Waals surface area contributed by atoms with Gasteiger partial charge in [-0.2, -0.15) is 0 Å². The Morgan fingerprint density at radius 3 is 2.52 bits per heavy atom. The van der Waals surface area contributed by atoms with Crippen molar-refractivity contribution in [3.63, 3.8) is 0 Å². The number of anilines is 1. The van der Waals surface area contributed by atoms with Crippen molar-refractivity contribution in [3.05, 3.63) is 89.7 Å². The predicted molar refractivity (Wildman–Crippen MR) is 104 cm³/mol. The van der Waals surface area contributed by atoms with Crippen molar-refractivity contribution in [2.24, 2.45) is 0 Å². The topological polar surface area (TPSA) is 88.2 Å². The zero-order chi connectivity index (χ0) is 19.3. The maximum absolute atomic E-state index is 12.7. The van der Waals surface area contributed by atoms with Crippen molar-refractivity contribution in [2.45, 2.75) is 18.4 Å². The summed E-state index contributed by atoms with van der Waals surface area (Å²) in [6.45, 7) is 2.08. The Bertz CT molecular complexity index is 1050. The molecule has 138 valence electrons. The minimum atomic E-state index is -3.80. The maximum atomic E-state index is 12.7. The number of sulfonamides is 1. The molecule has 0 saturated heterocycles. The lowest BCUT2D eigenvalue weighted by atomic mass is 10.2. The van der Waals surface area contributed by atoms with E-state index in [0.717, 1.165) is 11.3 Å². The minimum Gasteiger partial charge on any atom is -0.346 e. The quantitative estimate of drug-likeness (QED) is 0.687. The number of hydrogen-bond acceptors (Lipinski definition) is 4. The van der Waals surface area contributed by atoms with E-state index in [1.165, 1.54) is 12.1 Å². The van der Waals surface area contributed by atoms with Gasteiger partial charge in [0.2, 0.25) is 0 Å². The molecule has 0 fully saturated rings. The SMILES string of the molecule is Cc1ccccc1NS(=O)(=O)c1cccc(C(=O)NCc2ccccn2)c1. The summed E-state index contributed by atoms with van der Waals surface area (Å²) in [4.78, 5) is 16.5. The first kappa shape index (κ1) is 18.6. The standard InChI is InChI=1S/C20H19N3O3S/c1-15-7-2-3-11-19(15)23-27(25,26)18-10-6-8-16(13-18)20(24)22-14-17-9-4-5-12-21-17/h2-13,23H,14H2,1H3,(H,22,24). The number of rotatable bonds is 6. The number of hydrogen-bond donors (Lipinski definition) is 2. The molecule has 0 aliphatic heterocycles. The molecule has 2 aromatic carbocycles. The number of aryl methyl sites for hydroxylation is 1. The van der Waals surface area contributed by atoms with Crippen LogP contribution in [0.2, 0.25) is 0 Å². The van der Waals surface area contributed by atoms with Crippen LogP contribution in [0, 0.1) is 6.92 Å². The molecule has 3 rings (SSSR count). The van der Waals surface area contributed by atoms with Crippen LogP contribution in [0.15, 0.2) is 77.8 Å². The summed E-state index contributed by atoms with van der Waals surface area (Å²) in [5.74, 6) is -0.367. The number of carbonyl (C=O) groups is 1. The van der Waals surface area contributed by atoms with Gasteiger partial charge in [-0.3, -0.25) is 14.5 Å². The van der Waals surface area contributed by atoms with E-state index in [1.54, 1.807) is 42.6 Å². The number of nitrogens with one attached hydrogen (secondary N) is 2. The van der Waals surface area contributed by atoms with Gasteiger partial charge in [-0.15, -0.1) is 0 Å². The van der Waals surface area contributed by atoms with Crippen LogP contribution in [-0.4, -0.2) is 19.3 Å². The highest BCUT2D eigenvalue weighted by atomic mass is 32.2. The molecule has 0 atom stereocenters. The van der Waals surface area contributed by atoms with Gasteiger partial charge < -0.3 is 5.32 Å². The number of amides is 1. The van der Waals surface area contributed by atoms with E-state index in [2.05, 4.69) is 15.0 Å². The molecule has 1 amide bonds. The normalized spacial score (nSPS) is 11.0. The van der Waals surface area contributed by atoms with E-state index in [9.17, 15) is 13.2 Å². The highest BCUT2D eigenvalue weighted by molar-refractivity contribution is 7.92. The molecule has 1 heterocycles. The Morgan fingerprint density at radius 2 is 1.78 bits per heavy atom. The summed E-state index contributed by atoms with van der Waals surface area (Å²) in [6, 6.07) is 18.4. The van der Waals surface area contributed by atoms with E-state index in [-0.39, 0.29) is 22.9 Å². The fourth-order valence-corrected chi connectivity index (χ4v) is 3.65. The molecular formula is C20H19N3O3S. The van der Waals surface area contributed by atoms with Gasteiger partial charge in [0.25, 0.3) is 15.9 Å². The van der Waals surface area contributed by atoms with Crippen LogP contribution in [0.5, 0.6) is 0 Å². The lowest BCUT2D eigenvalue weighted by molar-refractivity contribution is 0.0950. The first-order valence-electron chi connectivity index (χ1n) is 8.32. The van der Waals surface area contributed by atoms with Crippen molar-refractivity contribution in [1.82, 2.24) is 10.3 Å². The first-order chi connectivity index (χ1) is 13.0. The number of pyridine rings is 1. The largest absolute Gasteiger partial charge is 0.346 e. The summed E-state index contributed by atoms with van der Waals surface area (Å²) in [7, 11) is -3.80. The van der Waals surface area contributed by atoms with Crippen molar-refractivity contribution < 1.29 is 13.2 Å². The Kier molecular flexibility index (Phi) is 5.52. The highest BCUT2D eigenvalue weighted by Crippen LogP contribution is 2.20. The average molecular weight is 381 g/mol. The third kappa shape index (κ3) is 4.71. The van der Waals surface area contributed by atoms with Crippen molar-refractivity contribution >= 4 is 21.6 Å². The minimum absolute atomic E-state index is 0.0243. The Morgan fingerprint density at radius 1 is 1.00 bits per heavy atom. The molecule has 0 radical (unpaired) electrons. The first-order valence-corrected chi connectivity index (χ1v) is 9.81. The van der Waals surface area contributed by atoms with E-state index in [4.69, 9.17) is 0 Å². The lowest BCUT2D eigenvalue weighted by Crippen LogP contribution is -2.23. The monoisotopic (exact) mass is 381 g/mol. The molecule has 0 bridgehead atoms. The van der Waals surface area contributed by atoms with Gasteiger partial charge in [-0.1, -0.05) is 30.3 Å².